The van der Waals surface area contributed by atoms with Crippen LogP contribution in [0.15, 0.2) is 0 Å². The fourth-order valence-electron chi connectivity index (χ4n) is 1.71. The van der Waals surface area contributed by atoms with E-state index >= 15 is 0 Å². The third-order valence-electron chi connectivity index (χ3n) is 2.63. The molecule has 0 aromatic heterocycles. The van der Waals surface area contributed by atoms with Crippen molar-refractivity contribution in [3.8, 4) is 0 Å². The van der Waals surface area contributed by atoms with Crippen LogP contribution < -0.4 is 5.73 Å². The second-order valence-corrected chi connectivity index (χ2v) is 5.27. The molecule has 1 saturated carbocycles. The molecule has 78 valence electrons. The van der Waals surface area contributed by atoms with E-state index in [-0.39, 0.29) is 12.6 Å². The molecular formula is C10H21NOS. The number of aliphatic hydroxyl groups is 1. The van der Waals surface area contributed by atoms with Gasteiger partial charge in [0.05, 0.1) is 6.61 Å². The number of thioether (sulfide) groups is 1. The van der Waals surface area contributed by atoms with Gasteiger partial charge in [0, 0.05) is 11.3 Å². The van der Waals surface area contributed by atoms with Gasteiger partial charge in [-0.05, 0) is 25.0 Å². The van der Waals surface area contributed by atoms with Crippen LogP contribution in [0.3, 0.4) is 0 Å². The summed E-state index contributed by atoms with van der Waals surface area (Å²) in [6.07, 6.45) is 7.97. The van der Waals surface area contributed by atoms with E-state index in [1.54, 1.807) is 0 Å². The molecule has 0 spiro atoms. The molecule has 0 aromatic rings. The van der Waals surface area contributed by atoms with Crippen molar-refractivity contribution in [3.05, 3.63) is 0 Å². The number of hydrogen-bond donors (Lipinski definition) is 2. The summed E-state index contributed by atoms with van der Waals surface area (Å²) in [7, 11) is 0. The van der Waals surface area contributed by atoms with Gasteiger partial charge in [-0.1, -0.05) is 19.3 Å². The third kappa shape index (κ3) is 4.89. The zero-order valence-corrected chi connectivity index (χ0v) is 9.06. The van der Waals surface area contributed by atoms with Gasteiger partial charge in [0.2, 0.25) is 0 Å². The maximum absolute atomic E-state index is 8.74. The van der Waals surface area contributed by atoms with E-state index in [0.29, 0.717) is 0 Å². The smallest absolute Gasteiger partial charge is 0.0582 e. The third-order valence-corrected chi connectivity index (χ3v) is 4.04. The fraction of sp³-hybridized carbons (Fsp3) is 1.00. The van der Waals surface area contributed by atoms with Gasteiger partial charge >= 0.3 is 0 Å². The number of nitrogens with two attached hydrogens (primary N) is 1. The average Bonchev–Trinajstić information content (AvgIpc) is 2.19. The first kappa shape index (κ1) is 11.3. The zero-order valence-electron chi connectivity index (χ0n) is 8.24. The normalized spacial score (nSPS) is 21.7. The Labute approximate surface area is 85.3 Å². The molecule has 3 heteroatoms. The second kappa shape index (κ2) is 6.68. The first-order valence-corrected chi connectivity index (χ1v) is 6.36. The van der Waals surface area contributed by atoms with Crippen LogP contribution in [0.4, 0.5) is 0 Å². The Hall–Kier alpha value is 0.270. The van der Waals surface area contributed by atoms with Crippen LogP contribution in [0, 0.1) is 0 Å². The Bertz CT molecular complexity index is 126. The van der Waals surface area contributed by atoms with Crippen molar-refractivity contribution >= 4 is 11.8 Å². The van der Waals surface area contributed by atoms with Gasteiger partial charge < -0.3 is 10.8 Å². The summed E-state index contributed by atoms with van der Waals surface area (Å²) in [5.41, 5.74) is 5.63. The van der Waals surface area contributed by atoms with E-state index < -0.39 is 0 Å². The van der Waals surface area contributed by atoms with Gasteiger partial charge in [-0.15, -0.1) is 0 Å². The summed E-state index contributed by atoms with van der Waals surface area (Å²) in [6.45, 7) is 0.130. The zero-order chi connectivity index (χ0) is 9.52. The summed E-state index contributed by atoms with van der Waals surface area (Å²) in [4.78, 5) is 0. The first-order chi connectivity index (χ1) is 6.33. The molecule has 0 aromatic carbocycles. The molecular weight excluding hydrogens is 182 g/mol. The maximum Gasteiger partial charge on any atom is 0.0582 e. The minimum absolute atomic E-state index is 0.00362. The molecule has 0 amide bonds. The molecule has 1 rings (SSSR count). The molecule has 1 unspecified atom stereocenters. The molecule has 0 radical (unpaired) electrons. The van der Waals surface area contributed by atoms with Crippen LogP contribution in [0.2, 0.25) is 0 Å². The van der Waals surface area contributed by atoms with Crippen molar-refractivity contribution in [2.24, 2.45) is 5.73 Å². The summed E-state index contributed by atoms with van der Waals surface area (Å²) < 4.78 is 0. The molecule has 3 N–H and O–H groups in total. The second-order valence-electron chi connectivity index (χ2n) is 3.86. The van der Waals surface area contributed by atoms with E-state index in [2.05, 4.69) is 0 Å². The molecule has 1 atom stereocenters. The highest BCUT2D eigenvalue weighted by Crippen LogP contribution is 2.28. The van der Waals surface area contributed by atoms with Crippen LogP contribution in [0.1, 0.15) is 38.5 Å². The van der Waals surface area contributed by atoms with E-state index in [0.717, 1.165) is 17.4 Å². The summed E-state index contributed by atoms with van der Waals surface area (Å²) in [6, 6.07) is -0.00362. The van der Waals surface area contributed by atoms with Gasteiger partial charge in [0.1, 0.15) is 0 Å². The molecule has 13 heavy (non-hydrogen) atoms. The number of rotatable bonds is 5. The molecule has 0 aliphatic heterocycles. The lowest BCUT2D eigenvalue weighted by Gasteiger charge is -2.21. The van der Waals surface area contributed by atoms with Crippen molar-refractivity contribution in [3.63, 3.8) is 0 Å². The molecule has 0 bridgehead atoms. The summed E-state index contributed by atoms with van der Waals surface area (Å²) in [5.74, 6) is 1.12. The number of hydrogen-bond acceptors (Lipinski definition) is 3. The minimum atomic E-state index is -0.00362. The molecule has 2 nitrogen and oxygen atoms in total. The molecule has 0 saturated heterocycles. The predicted molar refractivity (Wildman–Crippen MR) is 59.0 cm³/mol. The standard InChI is InChI=1S/C10H21NOS/c11-9(8-12)6-7-13-10-4-2-1-3-5-10/h9-10,12H,1-8,11H2. The van der Waals surface area contributed by atoms with Crippen molar-refractivity contribution < 1.29 is 5.11 Å². The molecule has 1 fully saturated rings. The van der Waals surface area contributed by atoms with Crippen molar-refractivity contribution in [2.75, 3.05) is 12.4 Å². The lowest BCUT2D eigenvalue weighted by atomic mass is 10.0. The Morgan fingerprint density at radius 2 is 2.00 bits per heavy atom. The highest BCUT2D eigenvalue weighted by Gasteiger charge is 2.13. The Morgan fingerprint density at radius 1 is 1.31 bits per heavy atom. The van der Waals surface area contributed by atoms with E-state index in [1.807, 2.05) is 11.8 Å². The largest absolute Gasteiger partial charge is 0.395 e. The SMILES string of the molecule is NC(CO)CCSC1CCCCC1. The van der Waals surface area contributed by atoms with Gasteiger partial charge in [-0.3, -0.25) is 0 Å². The molecule has 0 heterocycles. The topological polar surface area (TPSA) is 46.2 Å². The van der Waals surface area contributed by atoms with Crippen LogP contribution in [-0.2, 0) is 0 Å². The van der Waals surface area contributed by atoms with E-state index in [1.165, 1.54) is 32.1 Å². The average molecular weight is 203 g/mol. The van der Waals surface area contributed by atoms with Gasteiger partial charge in [-0.2, -0.15) is 11.8 Å². The van der Waals surface area contributed by atoms with Crippen molar-refractivity contribution in [1.82, 2.24) is 0 Å². The van der Waals surface area contributed by atoms with E-state index in [9.17, 15) is 0 Å². The quantitative estimate of drug-likeness (QED) is 0.716. The Kier molecular flexibility index (Phi) is 5.83. The summed E-state index contributed by atoms with van der Waals surface area (Å²) >= 11 is 2.05. The lowest BCUT2D eigenvalue weighted by molar-refractivity contribution is 0.263. The highest BCUT2D eigenvalue weighted by atomic mass is 32.2. The van der Waals surface area contributed by atoms with Gasteiger partial charge in [-0.25, -0.2) is 0 Å². The Balaban J connectivity index is 1.98. The van der Waals surface area contributed by atoms with Gasteiger partial charge in [0.15, 0.2) is 0 Å². The maximum atomic E-state index is 8.74. The minimum Gasteiger partial charge on any atom is -0.395 e. The van der Waals surface area contributed by atoms with Gasteiger partial charge in [0.25, 0.3) is 0 Å². The lowest BCUT2D eigenvalue weighted by Crippen LogP contribution is -2.25. The fourth-order valence-corrected chi connectivity index (χ4v) is 3.15. The van der Waals surface area contributed by atoms with Crippen LogP contribution in [-0.4, -0.2) is 28.8 Å². The number of aliphatic hydroxyl groups excluding tert-OH is 1. The summed E-state index contributed by atoms with van der Waals surface area (Å²) in [5, 5.41) is 9.61. The van der Waals surface area contributed by atoms with Crippen molar-refractivity contribution in [2.45, 2.75) is 49.8 Å². The Morgan fingerprint density at radius 3 is 2.62 bits per heavy atom. The monoisotopic (exact) mass is 203 g/mol. The van der Waals surface area contributed by atoms with Crippen LogP contribution in [0.25, 0.3) is 0 Å². The molecule has 1 aliphatic carbocycles. The van der Waals surface area contributed by atoms with Crippen LogP contribution in [0.5, 0.6) is 0 Å². The van der Waals surface area contributed by atoms with Crippen LogP contribution >= 0.6 is 11.8 Å². The highest BCUT2D eigenvalue weighted by molar-refractivity contribution is 7.99. The first-order valence-electron chi connectivity index (χ1n) is 5.31. The molecule has 1 aliphatic rings. The predicted octanol–water partition coefficient (Wildman–Crippen LogP) is 1.76. The van der Waals surface area contributed by atoms with Crippen molar-refractivity contribution in [1.29, 1.82) is 0 Å². The van der Waals surface area contributed by atoms with E-state index in [4.69, 9.17) is 10.8 Å².